The molecule has 1 aromatic heterocycles. The summed E-state index contributed by atoms with van der Waals surface area (Å²) < 4.78 is 66.1. The van der Waals surface area contributed by atoms with Crippen molar-refractivity contribution < 1.29 is 40.8 Å². The number of nitrogens with zero attached hydrogens (tertiary/aromatic N) is 3. The number of sulfone groups is 1. The van der Waals surface area contributed by atoms with Gasteiger partial charge >= 0.3 is 6.18 Å². The fourth-order valence-corrected chi connectivity index (χ4v) is 7.85. The zero-order valence-electron chi connectivity index (χ0n) is 29.4. The first-order valence-electron chi connectivity index (χ1n) is 17.5. The third-order valence-corrected chi connectivity index (χ3v) is 11.0. The summed E-state index contributed by atoms with van der Waals surface area (Å²) in [7, 11) is -3.72. The molecule has 17 heteroatoms. The number of pyridine rings is 1. The third-order valence-electron chi connectivity index (χ3n) is 9.87. The maximum absolute atomic E-state index is 13.9. The summed E-state index contributed by atoms with van der Waals surface area (Å²) in [5.41, 5.74) is 1.45. The number of carbonyl (C=O) groups is 4. The van der Waals surface area contributed by atoms with Gasteiger partial charge in [0.15, 0.2) is 9.84 Å². The first-order valence-corrected chi connectivity index (χ1v) is 19.4. The quantitative estimate of drug-likeness (QED) is 0.157. The number of aromatic nitrogens is 1. The smallest absolute Gasteiger partial charge is 0.371 e. The second-order valence-corrected chi connectivity index (χ2v) is 15.6. The molecule has 1 unspecified atom stereocenters. The van der Waals surface area contributed by atoms with Gasteiger partial charge in [-0.25, -0.2) is 13.4 Å². The highest BCUT2D eigenvalue weighted by molar-refractivity contribution is 7.90. The lowest BCUT2D eigenvalue weighted by Crippen LogP contribution is -2.54. The van der Waals surface area contributed by atoms with Gasteiger partial charge < -0.3 is 20.9 Å². The van der Waals surface area contributed by atoms with E-state index in [2.05, 4.69) is 31.2 Å². The predicted molar refractivity (Wildman–Crippen MR) is 197 cm³/mol. The van der Waals surface area contributed by atoms with Gasteiger partial charge in [0.2, 0.25) is 11.8 Å². The molecule has 55 heavy (non-hydrogen) atoms. The Morgan fingerprint density at radius 3 is 2.25 bits per heavy atom. The van der Waals surface area contributed by atoms with Gasteiger partial charge in [0.1, 0.15) is 11.9 Å². The van der Waals surface area contributed by atoms with Crippen LogP contribution in [0, 0.1) is 0 Å². The lowest BCUT2D eigenvalue weighted by atomic mass is 10.0. The molecule has 7 rings (SSSR count). The van der Waals surface area contributed by atoms with Gasteiger partial charge in [0.25, 0.3) is 11.8 Å². The summed E-state index contributed by atoms with van der Waals surface area (Å²) in [6.45, 7) is 1.98. The van der Waals surface area contributed by atoms with Gasteiger partial charge in [0, 0.05) is 62.0 Å². The summed E-state index contributed by atoms with van der Waals surface area (Å²) in [5, 5.41) is 11.4. The standard InChI is InChI=1S/C38H36F3N7O6S/c1-55(53,54)32-5-3-2-4-29(32)45-30-19-33(43-21-28(30)38(39,40)41)44-24-8-6-22(7-9-24)20-42-23-14-16-47(17-15-23)25-10-11-26-27(18-25)37(52)48(36(26)51)31-12-13-34(49)46-35(31)50/h2-11,18-19,21,23,31,42H,12-17,20H2,1H3,(H2,43,44,45)(H,46,49,50). The number of halogens is 3. The van der Waals surface area contributed by atoms with Gasteiger partial charge in [-0.2, -0.15) is 13.2 Å². The number of hydrogen-bond donors (Lipinski definition) is 4. The minimum absolute atomic E-state index is 0.00711. The van der Waals surface area contributed by atoms with Crippen LogP contribution in [0.5, 0.6) is 0 Å². The molecule has 4 heterocycles. The van der Waals surface area contributed by atoms with Crippen LogP contribution < -0.4 is 26.2 Å². The zero-order valence-corrected chi connectivity index (χ0v) is 30.3. The molecule has 4 N–H and O–H groups in total. The number of anilines is 5. The number of carbonyl (C=O) groups excluding carboxylic acids is 4. The van der Waals surface area contributed by atoms with Gasteiger partial charge in [-0.15, -0.1) is 0 Å². The molecule has 3 aromatic carbocycles. The van der Waals surface area contributed by atoms with Crippen LogP contribution in [-0.2, 0) is 32.1 Å². The molecule has 2 fully saturated rings. The highest BCUT2D eigenvalue weighted by atomic mass is 32.2. The molecule has 13 nitrogen and oxygen atoms in total. The molecule has 3 aliphatic heterocycles. The van der Waals surface area contributed by atoms with E-state index in [1.165, 1.54) is 30.3 Å². The monoisotopic (exact) mass is 775 g/mol. The SMILES string of the molecule is CS(=O)(=O)c1ccccc1Nc1cc(Nc2ccc(CNC3CCN(c4ccc5c(c4)C(=O)N(C4CCC(=O)NC4=O)C5=O)CC3)cc2)ncc1C(F)(F)F. The zero-order chi connectivity index (χ0) is 39.1. The maximum atomic E-state index is 13.9. The fourth-order valence-electron chi connectivity index (χ4n) is 7.00. The van der Waals surface area contributed by atoms with Crippen molar-refractivity contribution in [3.8, 4) is 0 Å². The van der Waals surface area contributed by atoms with E-state index < -0.39 is 51.2 Å². The molecule has 4 amide bonds. The molecule has 2 saturated heterocycles. The van der Waals surface area contributed by atoms with Crippen LogP contribution >= 0.6 is 0 Å². The van der Waals surface area contributed by atoms with Gasteiger partial charge in [-0.05, 0) is 67.3 Å². The van der Waals surface area contributed by atoms with Crippen LogP contribution in [0.15, 0.2) is 83.9 Å². The van der Waals surface area contributed by atoms with Crippen LogP contribution in [0.4, 0.5) is 41.7 Å². The van der Waals surface area contributed by atoms with Crippen molar-refractivity contribution in [3.05, 3.63) is 101 Å². The van der Waals surface area contributed by atoms with E-state index in [0.717, 1.165) is 35.2 Å². The summed E-state index contributed by atoms with van der Waals surface area (Å²) in [6, 6.07) is 18.5. The summed E-state index contributed by atoms with van der Waals surface area (Å²) >= 11 is 0. The van der Waals surface area contributed by atoms with Crippen LogP contribution in [0.2, 0.25) is 0 Å². The Labute approximate surface area is 314 Å². The molecule has 0 spiro atoms. The van der Waals surface area contributed by atoms with Gasteiger partial charge in [0.05, 0.1) is 33.0 Å². The normalized spacial score (nSPS) is 18.0. The van der Waals surface area contributed by atoms with Gasteiger partial charge in [-0.1, -0.05) is 24.3 Å². The molecule has 1 atom stereocenters. The van der Waals surface area contributed by atoms with Crippen molar-refractivity contribution in [2.75, 3.05) is 34.9 Å². The molecule has 4 aromatic rings. The molecule has 0 saturated carbocycles. The number of para-hydroxylation sites is 1. The lowest BCUT2D eigenvalue weighted by molar-refractivity contribution is -0.137. The van der Waals surface area contributed by atoms with Crippen molar-refractivity contribution in [1.82, 2.24) is 20.5 Å². The number of alkyl halides is 3. The van der Waals surface area contributed by atoms with E-state index in [0.29, 0.717) is 31.5 Å². The average Bonchev–Trinajstić information content (AvgIpc) is 3.39. The lowest BCUT2D eigenvalue weighted by Gasteiger charge is -2.34. The van der Waals surface area contributed by atoms with Crippen LogP contribution in [-0.4, -0.2) is 73.4 Å². The van der Waals surface area contributed by atoms with Crippen molar-refractivity contribution >= 4 is 62.0 Å². The van der Waals surface area contributed by atoms with Gasteiger partial charge in [-0.3, -0.25) is 29.4 Å². The highest BCUT2D eigenvalue weighted by Gasteiger charge is 2.45. The topological polar surface area (TPSA) is 170 Å². The van der Waals surface area contributed by atoms with E-state index in [-0.39, 0.29) is 52.1 Å². The minimum atomic E-state index is -4.74. The molecule has 286 valence electrons. The Hall–Kier alpha value is -5.81. The van der Waals surface area contributed by atoms with Crippen LogP contribution in [0.25, 0.3) is 0 Å². The van der Waals surface area contributed by atoms with Crippen LogP contribution in [0.1, 0.15) is 57.5 Å². The Morgan fingerprint density at radius 2 is 1.56 bits per heavy atom. The minimum Gasteiger partial charge on any atom is -0.371 e. The number of imide groups is 2. The predicted octanol–water partition coefficient (Wildman–Crippen LogP) is 5.15. The third kappa shape index (κ3) is 8.02. The molecule has 0 aliphatic carbocycles. The summed E-state index contributed by atoms with van der Waals surface area (Å²) in [5.74, 6) is -2.04. The highest BCUT2D eigenvalue weighted by Crippen LogP contribution is 2.38. The summed E-state index contributed by atoms with van der Waals surface area (Å²) in [4.78, 5) is 57.2. The van der Waals surface area contributed by atoms with Crippen molar-refractivity contribution in [2.24, 2.45) is 0 Å². The molecule has 3 aliphatic rings. The van der Waals surface area contributed by atoms with Crippen molar-refractivity contribution in [1.29, 1.82) is 0 Å². The summed E-state index contributed by atoms with van der Waals surface area (Å²) in [6.07, 6.45) is -1.29. The molecule has 0 radical (unpaired) electrons. The van der Waals surface area contributed by atoms with Crippen molar-refractivity contribution in [3.63, 3.8) is 0 Å². The first kappa shape index (κ1) is 37.5. The van der Waals surface area contributed by atoms with E-state index >= 15 is 0 Å². The number of rotatable bonds is 10. The van der Waals surface area contributed by atoms with E-state index in [1.807, 2.05) is 12.1 Å². The average molecular weight is 776 g/mol. The number of benzene rings is 3. The number of amides is 4. The maximum Gasteiger partial charge on any atom is 0.419 e. The Bertz CT molecular complexity index is 2290. The Kier molecular flexibility index (Phi) is 10.1. The molecule has 0 bridgehead atoms. The molecular weight excluding hydrogens is 740 g/mol. The first-order chi connectivity index (χ1) is 26.2. The van der Waals surface area contributed by atoms with Crippen molar-refractivity contribution in [2.45, 2.75) is 55.4 Å². The van der Waals surface area contributed by atoms with E-state index in [1.54, 1.807) is 30.3 Å². The van der Waals surface area contributed by atoms with E-state index in [9.17, 15) is 40.8 Å². The van der Waals surface area contributed by atoms with E-state index in [4.69, 9.17) is 0 Å². The largest absolute Gasteiger partial charge is 0.419 e. The Morgan fingerprint density at radius 1 is 0.855 bits per heavy atom. The Balaban J connectivity index is 0.937. The molecular formula is C38H36F3N7O6S. The fraction of sp³-hybridized carbons (Fsp3) is 0.289. The second kappa shape index (κ2) is 14.8. The number of hydrogen-bond acceptors (Lipinski definition) is 11. The van der Waals surface area contributed by atoms with Crippen LogP contribution in [0.3, 0.4) is 0 Å². The number of nitrogens with one attached hydrogen (secondary N) is 4. The number of piperidine rings is 2. The number of fused-ring (bicyclic) bond motifs is 1. The second-order valence-electron chi connectivity index (χ2n) is 13.6.